The third kappa shape index (κ3) is 2.47. The molecule has 5 nitrogen and oxygen atoms in total. The molecule has 5 atom stereocenters. The van der Waals surface area contributed by atoms with Crippen LogP contribution in [0.25, 0.3) is 6.08 Å². The highest BCUT2D eigenvalue weighted by atomic mass is 35.5. The summed E-state index contributed by atoms with van der Waals surface area (Å²) in [6.45, 7) is 3.36. The molecule has 0 aromatic heterocycles. The molecule has 3 aliphatic rings. The fourth-order valence-electron chi connectivity index (χ4n) is 5.28. The van der Waals surface area contributed by atoms with E-state index in [-0.39, 0.29) is 23.6 Å². The average molecular weight is 408 g/mol. The number of Topliss-reactive ketones (excluding diaryl/α,β-unsaturated/α-hetero) is 1. The van der Waals surface area contributed by atoms with Gasteiger partial charge < -0.3 is 0 Å². The average Bonchev–Trinajstić information content (AvgIpc) is 3.17. The van der Waals surface area contributed by atoms with Crippen LogP contribution in [0.3, 0.4) is 0 Å². The van der Waals surface area contributed by atoms with Crippen LogP contribution < -0.4 is 9.80 Å². The van der Waals surface area contributed by atoms with E-state index >= 15 is 0 Å². The molecule has 2 amide bonds. The molecule has 1 unspecified atom stereocenters. The Kier molecular flexibility index (Phi) is 4.02. The van der Waals surface area contributed by atoms with Gasteiger partial charge in [0.2, 0.25) is 11.8 Å². The monoisotopic (exact) mass is 407 g/mol. The van der Waals surface area contributed by atoms with Crippen molar-refractivity contribution in [1.29, 1.82) is 0 Å². The van der Waals surface area contributed by atoms with Gasteiger partial charge in [0.05, 0.1) is 11.9 Å². The van der Waals surface area contributed by atoms with E-state index in [1.807, 2.05) is 43.5 Å². The maximum atomic E-state index is 13.6. The molecule has 29 heavy (non-hydrogen) atoms. The summed E-state index contributed by atoms with van der Waals surface area (Å²) in [6.07, 6.45) is 3.92. The number of benzene rings is 2. The van der Waals surface area contributed by atoms with Gasteiger partial charge in [0, 0.05) is 17.5 Å². The van der Waals surface area contributed by atoms with Gasteiger partial charge in [0.25, 0.3) is 0 Å². The van der Waals surface area contributed by atoms with Gasteiger partial charge in [-0.05, 0) is 36.3 Å². The van der Waals surface area contributed by atoms with Gasteiger partial charge in [-0.25, -0.2) is 4.90 Å². The normalized spacial score (nSPS) is 29.6. The fourth-order valence-corrected chi connectivity index (χ4v) is 5.45. The summed E-state index contributed by atoms with van der Waals surface area (Å²) < 4.78 is 0. The first-order valence-corrected chi connectivity index (χ1v) is 10.1. The lowest BCUT2D eigenvalue weighted by Gasteiger charge is -2.30. The zero-order valence-corrected chi connectivity index (χ0v) is 16.8. The first-order chi connectivity index (χ1) is 13.9. The number of hydrogen-bond acceptors (Lipinski definition) is 3. The van der Waals surface area contributed by atoms with Crippen LogP contribution in [-0.4, -0.2) is 23.6 Å². The number of imide groups is 1. The quantitative estimate of drug-likeness (QED) is 0.777. The summed E-state index contributed by atoms with van der Waals surface area (Å²) in [4.78, 5) is 41.9. The Balaban J connectivity index is 1.67. The molecule has 2 fully saturated rings. The number of aryl methyl sites for hydroxylation is 1. The van der Waals surface area contributed by atoms with Crippen molar-refractivity contribution in [3.05, 3.63) is 70.4 Å². The number of hydrogen-bond donors (Lipinski definition) is 1. The molecule has 146 valence electrons. The summed E-state index contributed by atoms with van der Waals surface area (Å²) in [5.74, 6) is -1.88. The van der Waals surface area contributed by atoms with Crippen molar-refractivity contribution in [3.63, 3.8) is 0 Å². The van der Waals surface area contributed by atoms with Crippen molar-refractivity contribution in [2.45, 2.75) is 25.9 Å². The summed E-state index contributed by atoms with van der Waals surface area (Å²) in [6, 6.07) is 12.2. The Morgan fingerprint density at radius 2 is 1.79 bits per heavy atom. The molecule has 0 bridgehead atoms. The van der Waals surface area contributed by atoms with Crippen LogP contribution in [0.2, 0.25) is 5.02 Å². The number of ketones is 1. The van der Waals surface area contributed by atoms with E-state index in [1.165, 1.54) is 11.8 Å². The van der Waals surface area contributed by atoms with Crippen LogP contribution in [0, 0.1) is 18.8 Å². The lowest BCUT2D eigenvalue weighted by molar-refractivity contribution is -0.884. The van der Waals surface area contributed by atoms with Gasteiger partial charge in [0.15, 0.2) is 11.8 Å². The zero-order chi connectivity index (χ0) is 20.4. The van der Waals surface area contributed by atoms with Crippen LogP contribution in [0.4, 0.5) is 5.69 Å². The standard InChI is InChI=1S/C23H19ClN2O3/c1-12-7-8-15(24)11-17(12)26-22(28)18-19(23(26)29)21-16-6-4-3-5-14(16)9-10-25(21)20(18)13(2)27/h3-11,18-21H,1-2H3/p+1/t18-,19+,20-,21+/m0/s1. The van der Waals surface area contributed by atoms with Crippen molar-refractivity contribution in [3.8, 4) is 0 Å². The molecule has 2 saturated heterocycles. The van der Waals surface area contributed by atoms with Crippen molar-refractivity contribution in [2.75, 3.05) is 4.90 Å². The minimum Gasteiger partial charge on any atom is -0.293 e. The van der Waals surface area contributed by atoms with Crippen LogP contribution in [0.5, 0.6) is 0 Å². The number of quaternary nitrogens is 1. The van der Waals surface area contributed by atoms with Gasteiger partial charge in [-0.2, -0.15) is 0 Å². The molecular weight excluding hydrogens is 388 g/mol. The highest BCUT2D eigenvalue weighted by Crippen LogP contribution is 2.45. The van der Waals surface area contributed by atoms with Gasteiger partial charge in [-0.3, -0.25) is 19.3 Å². The highest BCUT2D eigenvalue weighted by molar-refractivity contribution is 6.31. The van der Waals surface area contributed by atoms with Crippen LogP contribution >= 0.6 is 11.6 Å². The van der Waals surface area contributed by atoms with E-state index in [2.05, 4.69) is 0 Å². The first-order valence-electron chi connectivity index (χ1n) is 9.68. The molecule has 0 saturated carbocycles. The smallest absolute Gasteiger partial charge is 0.244 e. The summed E-state index contributed by atoms with van der Waals surface area (Å²) in [7, 11) is 0. The number of nitrogens with zero attached hydrogens (tertiary/aromatic N) is 1. The number of amides is 2. The number of rotatable bonds is 2. The Hall–Kier alpha value is -2.76. The molecule has 0 spiro atoms. The predicted octanol–water partition coefficient (Wildman–Crippen LogP) is 2.34. The van der Waals surface area contributed by atoms with E-state index < -0.39 is 17.9 Å². The topological polar surface area (TPSA) is 58.9 Å². The third-order valence-electron chi connectivity index (χ3n) is 6.47. The molecule has 3 heterocycles. The minimum atomic E-state index is -0.672. The number of carbonyl (C=O) groups is 3. The van der Waals surface area contributed by atoms with Crippen molar-refractivity contribution in [2.24, 2.45) is 11.8 Å². The number of fused-ring (bicyclic) bond motifs is 5. The Labute approximate surface area is 173 Å². The SMILES string of the molecule is CC(=O)[C@H]1[C@H]2C(=O)N(c3cc(Cl)ccc3C)C(=O)[C@H]2[C@H]2c3ccccc3C=C[NH+]21. The summed E-state index contributed by atoms with van der Waals surface area (Å²) in [5, 5.41) is 0.463. The molecule has 0 radical (unpaired) electrons. The van der Waals surface area contributed by atoms with Crippen molar-refractivity contribution >= 4 is 41.0 Å². The Morgan fingerprint density at radius 1 is 1.07 bits per heavy atom. The molecule has 2 aromatic rings. The number of halogens is 1. The van der Waals surface area contributed by atoms with Gasteiger partial charge in [-0.1, -0.05) is 41.9 Å². The van der Waals surface area contributed by atoms with E-state index in [0.717, 1.165) is 21.6 Å². The predicted molar refractivity (Wildman–Crippen MR) is 109 cm³/mol. The largest absolute Gasteiger partial charge is 0.293 e. The molecule has 5 rings (SSSR count). The van der Waals surface area contributed by atoms with Gasteiger partial charge in [-0.15, -0.1) is 0 Å². The minimum absolute atomic E-state index is 0.0765. The molecule has 2 aromatic carbocycles. The fraction of sp³-hybridized carbons (Fsp3) is 0.261. The Morgan fingerprint density at radius 3 is 2.55 bits per heavy atom. The lowest BCUT2D eigenvalue weighted by Crippen LogP contribution is -3.12. The molecule has 3 aliphatic heterocycles. The van der Waals surface area contributed by atoms with Crippen LogP contribution in [0.1, 0.15) is 29.7 Å². The number of carbonyl (C=O) groups excluding carboxylic acids is 3. The molecule has 6 heteroatoms. The highest BCUT2D eigenvalue weighted by Gasteiger charge is 2.67. The third-order valence-corrected chi connectivity index (χ3v) is 6.71. The van der Waals surface area contributed by atoms with E-state index in [1.54, 1.807) is 18.2 Å². The van der Waals surface area contributed by atoms with Crippen LogP contribution in [0.15, 0.2) is 48.7 Å². The van der Waals surface area contributed by atoms with Crippen LogP contribution in [-0.2, 0) is 14.4 Å². The zero-order valence-electron chi connectivity index (χ0n) is 16.1. The summed E-state index contributed by atoms with van der Waals surface area (Å²) >= 11 is 6.15. The first kappa shape index (κ1) is 18.3. The van der Waals surface area contributed by atoms with Gasteiger partial charge in [0.1, 0.15) is 17.9 Å². The Bertz CT molecular complexity index is 1110. The van der Waals surface area contributed by atoms with Crippen molar-refractivity contribution in [1.82, 2.24) is 0 Å². The second kappa shape index (κ2) is 6.37. The van der Waals surface area contributed by atoms with E-state index in [0.29, 0.717) is 10.7 Å². The second-order valence-electron chi connectivity index (χ2n) is 8.02. The van der Waals surface area contributed by atoms with E-state index in [9.17, 15) is 14.4 Å². The lowest BCUT2D eigenvalue weighted by atomic mass is 9.84. The number of nitrogens with one attached hydrogen (secondary N) is 1. The molecular formula is C23H20ClN2O3+. The number of anilines is 1. The van der Waals surface area contributed by atoms with E-state index in [4.69, 9.17) is 11.6 Å². The maximum Gasteiger partial charge on any atom is 0.244 e. The molecule has 1 N–H and O–H groups in total. The summed E-state index contributed by atoms with van der Waals surface area (Å²) in [5.41, 5.74) is 3.34. The van der Waals surface area contributed by atoms with Crippen molar-refractivity contribution < 1.29 is 19.3 Å². The second-order valence-corrected chi connectivity index (χ2v) is 8.46. The molecule has 0 aliphatic carbocycles. The maximum absolute atomic E-state index is 13.6. The van der Waals surface area contributed by atoms with Gasteiger partial charge >= 0.3 is 0 Å².